The Bertz CT molecular complexity index is 864. The van der Waals surface area contributed by atoms with Crippen LogP contribution in [0.15, 0.2) is 72.9 Å². The zero-order valence-corrected chi connectivity index (χ0v) is 15.0. The molecule has 3 rings (SSSR count). The van der Waals surface area contributed by atoms with Crippen LogP contribution in [0.25, 0.3) is 22.4 Å². The number of hydrogen-bond donors (Lipinski definition) is 0. The van der Waals surface area contributed by atoms with Crippen molar-refractivity contribution < 1.29 is 0 Å². The predicted molar refractivity (Wildman–Crippen MR) is 108 cm³/mol. The molecule has 0 saturated carbocycles. The van der Waals surface area contributed by atoms with Crippen molar-refractivity contribution >= 4 is 15.7 Å². The minimum Gasteiger partial charge on any atom is -0.256 e. The zero-order valence-electron chi connectivity index (χ0n) is 15.0. The van der Waals surface area contributed by atoms with Crippen LogP contribution in [-0.4, -0.2) is 20.7 Å². The summed E-state index contributed by atoms with van der Waals surface area (Å²) in [5.74, 6) is 0. The molecule has 1 heterocycles. The maximum absolute atomic E-state index is 6.45. The molecular weight excluding hydrogens is 300 g/mol. The van der Waals surface area contributed by atoms with Crippen molar-refractivity contribution in [2.24, 2.45) is 5.41 Å². The van der Waals surface area contributed by atoms with E-state index >= 15 is 0 Å². The molecule has 0 saturated heterocycles. The lowest BCUT2D eigenvalue weighted by Gasteiger charge is -2.41. The first kappa shape index (κ1) is 17.5. The highest BCUT2D eigenvalue weighted by Crippen LogP contribution is 2.37. The molecule has 0 aliphatic carbocycles. The molecule has 1 aromatic heterocycles. The second-order valence-electron chi connectivity index (χ2n) is 7.50. The molecule has 0 aliphatic heterocycles. The van der Waals surface area contributed by atoms with Crippen LogP contribution in [0.1, 0.15) is 26.3 Å². The first-order valence-corrected chi connectivity index (χ1v) is 8.49. The number of benzene rings is 2. The van der Waals surface area contributed by atoms with Gasteiger partial charge in [-0.2, -0.15) is 0 Å². The first-order chi connectivity index (χ1) is 11.8. The van der Waals surface area contributed by atoms with Crippen molar-refractivity contribution in [2.45, 2.75) is 26.0 Å². The van der Waals surface area contributed by atoms with E-state index in [4.69, 9.17) is 15.7 Å². The second kappa shape index (κ2) is 6.55. The Morgan fingerprint density at radius 2 is 1.36 bits per heavy atom. The van der Waals surface area contributed by atoms with E-state index in [0.717, 1.165) is 27.9 Å². The molecule has 0 spiro atoms. The monoisotopic (exact) mass is 321 g/mol. The second-order valence-corrected chi connectivity index (χ2v) is 7.50. The van der Waals surface area contributed by atoms with E-state index in [1.54, 1.807) is 0 Å². The summed E-state index contributed by atoms with van der Waals surface area (Å²) in [5, 5.41) is -0.904. The quantitative estimate of drug-likeness (QED) is 0.622. The lowest BCUT2D eigenvalue weighted by molar-refractivity contribution is 0.358. The van der Waals surface area contributed by atoms with Gasteiger partial charge in [-0.05, 0) is 28.7 Å². The number of hydrogen-bond acceptors (Lipinski definition) is 1. The molecule has 0 atom stereocenters. The number of pyridine rings is 1. The van der Waals surface area contributed by atoms with Gasteiger partial charge in [-0.15, -0.1) is 0 Å². The van der Waals surface area contributed by atoms with Crippen molar-refractivity contribution in [1.82, 2.24) is 4.98 Å². The molecule has 4 radical (unpaired) electrons. The molecule has 0 fully saturated rings. The molecule has 3 heteroatoms. The molecule has 0 N–H and O–H groups in total. The predicted octanol–water partition coefficient (Wildman–Crippen LogP) is 4.95. The molecule has 25 heavy (non-hydrogen) atoms. The average Bonchev–Trinajstić information content (AvgIpc) is 2.62. The maximum atomic E-state index is 6.45. The minimum absolute atomic E-state index is 0.251. The number of aromatic nitrogens is 1. The summed E-state index contributed by atoms with van der Waals surface area (Å²) in [6, 6.07) is 22.4. The van der Waals surface area contributed by atoms with E-state index in [1.807, 2.05) is 42.6 Å². The fourth-order valence-electron chi connectivity index (χ4n) is 2.77. The Labute approximate surface area is 153 Å². The van der Waals surface area contributed by atoms with Crippen LogP contribution in [0.2, 0.25) is 0 Å². The highest BCUT2D eigenvalue weighted by atomic mass is 14.7. The number of rotatable bonds is 3. The largest absolute Gasteiger partial charge is 0.256 e. The van der Waals surface area contributed by atoms with Crippen molar-refractivity contribution in [3.63, 3.8) is 0 Å². The van der Waals surface area contributed by atoms with Crippen LogP contribution in [0.5, 0.6) is 0 Å². The zero-order chi connectivity index (χ0) is 18.1. The summed E-state index contributed by atoms with van der Waals surface area (Å²) in [4.78, 5) is 4.50. The van der Waals surface area contributed by atoms with Gasteiger partial charge < -0.3 is 0 Å². The summed E-state index contributed by atoms with van der Waals surface area (Å²) in [5.41, 5.74) is 4.91. The van der Waals surface area contributed by atoms with Gasteiger partial charge in [-0.3, -0.25) is 4.98 Å². The highest BCUT2D eigenvalue weighted by molar-refractivity contribution is 6.40. The van der Waals surface area contributed by atoms with Gasteiger partial charge in [-0.25, -0.2) is 0 Å². The Morgan fingerprint density at radius 3 is 2.04 bits per heavy atom. The summed E-state index contributed by atoms with van der Waals surface area (Å²) in [7, 11) is 12.9. The molecule has 2 aromatic carbocycles. The minimum atomic E-state index is -0.904. The van der Waals surface area contributed by atoms with Crippen molar-refractivity contribution in [2.75, 3.05) is 0 Å². The Morgan fingerprint density at radius 1 is 0.720 bits per heavy atom. The van der Waals surface area contributed by atoms with E-state index in [-0.39, 0.29) is 5.41 Å². The van der Waals surface area contributed by atoms with Crippen LogP contribution in [0, 0.1) is 5.41 Å². The van der Waals surface area contributed by atoms with Crippen LogP contribution in [0.4, 0.5) is 0 Å². The topological polar surface area (TPSA) is 12.9 Å². The smallest absolute Gasteiger partial charge is 0.0708 e. The van der Waals surface area contributed by atoms with Gasteiger partial charge in [0, 0.05) is 11.8 Å². The van der Waals surface area contributed by atoms with E-state index in [0.29, 0.717) is 0 Å². The van der Waals surface area contributed by atoms with Crippen LogP contribution in [0.3, 0.4) is 0 Å². The third-order valence-corrected chi connectivity index (χ3v) is 4.74. The molecule has 1 nitrogen and oxygen atoms in total. The first-order valence-electron chi connectivity index (χ1n) is 8.49. The summed E-state index contributed by atoms with van der Waals surface area (Å²) in [6.07, 6.45) is 1.84. The van der Waals surface area contributed by atoms with E-state index in [1.165, 1.54) is 0 Å². The molecule has 120 valence electrons. The fraction of sp³-hybridized carbons (Fsp3) is 0.227. The normalized spacial score (nSPS) is 12.1. The lowest BCUT2D eigenvalue weighted by Crippen LogP contribution is -2.41. The summed E-state index contributed by atoms with van der Waals surface area (Å²) in [6.45, 7) is 6.17. The van der Waals surface area contributed by atoms with Crippen molar-refractivity contribution in [3.8, 4) is 22.4 Å². The third-order valence-electron chi connectivity index (χ3n) is 4.74. The molecule has 3 aromatic rings. The van der Waals surface area contributed by atoms with Gasteiger partial charge in [-0.1, -0.05) is 86.1 Å². The van der Waals surface area contributed by atoms with Crippen LogP contribution < -0.4 is 0 Å². The van der Waals surface area contributed by atoms with Gasteiger partial charge in [0.15, 0.2) is 0 Å². The molecule has 0 aliphatic rings. The Balaban J connectivity index is 2.03. The molecule has 0 bridgehead atoms. The molecule has 0 unspecified atom stereocenters. The van der Waals surface area contributed by atoms with Crippen molar-refractivity contribution in [1.29, 1.82) is 0 Å². The summed E-state index contributed by atoms with van der Waals surface area (Å²) < 4.78 is 0. The van der Waals surface area contributed by atoms with E-state index in [2.05, 4.69) is 56.1 Å². The standard InChI is InChI=1S/C22H21B2N/c1-21(2,3)22(23,24)19-11-7-10-17(14-19)18-12-13-25-20(15-18)16-8-5-4-6-9-16/h4-15H,1-3H3. The van der Waals surface area contributed by atoms with Gasteiger partial charge in [0.2, 0.25) is 0 Å². The number of nitrogens with zero attached hydrogens (tertiary/aromatic N) is 1. The lowest BCUT2D eigenvalue weighted by atomic mass is 9.41. The fourth-order valence-corrected chi connectivity index (χ4v) is 2.77. The Hall–Kier alpha value is -2.28. The molecular formula is C22H21B2N. The average molecular weight is 321 g/mol. The Kier molecular flexibility index (Phi) is 4.60. The van der Waals surface area contributed by atoms with Gasteiger partial charge in [0.25, 0.3) is 0 Å². The van der Waals surface area contributed by atoms with Crippen LogP contribution >= 0.6 is 0 Å². The van der Waals surface area contributed by atoms with Crippen molar-refractivity contribution in [3.05, 3.63) is 78.5 Å². The van der Waals surface area contributed by atoms with Gasteiger partial charge >= 0.3 is 0 Å². The van der Waals surface area contributed by atoms with Gasteiger partial charge in [0.05, 0.1) is 21.4 Å². The summed E-state index contributed by atoms with van der Waals surface area (Å²) >= 11 is 0. The third kappa shape index (κ3) is 3.56. The van der Waals surface area contributed by atoms with E-state index < -0.39 is 5.21 Å². The molecule has 0 amide bonds. The maximum Gasteiger partial charge on any atom is 0.0708 e. The SMILES string of the molecule is [B]C([B])(c1cccc(-c2ccnc(-c3ccccc3)c2)c1)C(C)(C)C. The van der Waals surface area contributed by atoms with Gasteiger partial charge in [0.1, 0.15) is 0 Å². The van der Waals surface area contributed by atoms with Crippen LogP contribution in [-0.2, 0) is 5.21 Å². The van der Waals surface area contributed by atoms with E-state index in [9.17, 15) is 0 Å². The highest BCUT2D eigenvalue weighted by Gasteiger charge is 2.33.